The number of aromatic nitrogens is 4. The molecule has 3 aromatic rings. The van der Waals surface area contributed by atoms with E-state index in [1.54, 1.807) is 30.3 Å². The van der Waals surface area contributed by atoms with Gasteiger partial charge in [-0.15, -0.1) is 28.1 Å². The molecule has 0 aliphatic heterocycles. The lowest BCUT2D eigenvalue weighted by atomic mass is 10.2. The van der Waals surface area contributed by atoms with Crippen LogP contribution in [0.5, 0.6) is 0 Å². The van der Waals surface area contributed by atoms with Crippen LogP contribution in [0.4, 0.5) is 10.8 Å². The van der Waals surface area contributed by atoms with Gasteiger partial charge in [-0.1, -0.05) is 30.0 Å². The van der Waals surface area contributed by atoms with E-state index in [0.29, 0.717) is 34.8 Å². The number of ether oxygens (including phenoxy) is 1. The van der Waals surface area contributed by atoms with E-state index in [-0.39, 0.29) is 17.2 Å². The molecule has 0 aliphatic rings. The van der Waals surface area contributed by atoms with E-state index in [9.17, 15) is 9.59 Å². The van der Waals surface area contributed by atoms with Crippen LogP contribution < -0.4 is 11.1 Å². The lowest BCUT2D eigenvalue weighted by molar-refractivity contribution is -0.113. The summed E-state index contributed by atoms with van der Waals surface area (Å²) >= 11 is 2.61. The number of hydrogen-bond acceptors (Lipinski definition) is 9. The minimum atomic E-state index is -0.517. The van der Waals surface area contributed by atoms with Crippen LogP contribution >= 0.6 is 23.1 Å². The van der Waals surface area contributed by atoms with E-state index in [0.717, 1.165) is 5.69 Å². The topological polar surface area (TPSA) is 125 Å². The molecule has 0 fully saturated rings. The van der Waals surface area contributed by atoms with Gasteiger partial charge < -0.3 is 20.4 Å². The van der Waals surface area contributed by atoms with Crippen molar-refractivity contribution in [3.05, 3.63) is 59.4 Å². The van der Waals surface area contributed by atoms with Gasteiger partial charge in [0.15, 0.2) is 10.3 Å². The number of para-hydroxylation sites is 1. The van der Waals surface area contributed by atoms with Gasteiger partial charge in [0.2, 0.25) is 5.91 Å². The van der Waals surface area contributed by atoms with Crippen molar-refractivity contribution in [3.8, 4) is 0 Å². The third-order valence-corrected chi connectivity index (χ3v) is 5.64. The number of allylic oxidation sites excluding steroid dienone is 1. The Morgan fingerprint density at radius 1 is 1.37 bits per heavy atom. The lowest BCUT2D eigenvalue weighted by Crippen LogP contribution is -2.17. The highest BCUT2D eigenvalue weighted by atomic mass is 32.2. The van der Waals surface area contributed by atoms with Crippen molar-refractivity contribution in [1.29, 1.82) is 0 Å². The summed E-state index contributed by atoms with van der Waals surface area (Å²) in [5.74, 6) is 0.00288. The summed E-state index contributed by atoms with van der Waals surface area (Å²) in [6.45, 7) is 4.27. The number of carbonyl (C=O) groups excluding carboxylic acids is 2. The van der Waals surface area contributed by atoms with Gasteiger partial charge in [-0.3, -0.25) is 4.79 Å². The quantitative estimate of drug-likeness (QED) is 0.293. The van der Waals surface area contributed by atoms with Crippen LogP contribution in [0.1, 0.15) is 21.9 Å². The Morgan fingerprint density at radius 3 is 2.87 bits per heavy atom. The molecule has 0 atom stereocenters. The highest BCUT2D eigenvalue weighted by Crippen LogP contribution is 2.21. The Balaban J connectivity index is 1.67. The van der Waals surface area contributed by atoms with E-state index in [1.165, 1.54) is 30.2 Å². The number of hydrogen-bond donors (Lipinski definition) is 2. The average Bonchev–Trinajstić information content (AvgIpc) is 3.32. The predicted octanol–water partition coefficient (Wildman–Crippen LogP) is 2.61. The number of anilines is 2. The minimum Gasteiger partial charge on any atom is -0.465 e. The maximum Gasteiger partial charge on any atom is 0.339 e. The maximum atomic E-state index is 12.4. The minimum absolute atomic E-state index is 0.0917. The Hall–Kier alpha value is -3.18. The fourth-order valence-electron chi connectivity index (χ4n) is 2.63. The van der Waals surface area contributed by atoms with Crippen molar-refractivity contribution < 1.29 is 14.3 Å². The molecule has 0 radical (unpaired) electrons. The zero-order valence-electron chi connectivity index (χ0n) is 16.2. The van der Waals surface area contributed by atoms with Gasteiger partial charge in [-0.25, -0.2) is 9.78 Å². The SMILES string of the molecule is C=CCn1c(Cc2csc(N)n2)nnc1SCC(=O)Nc1ccccc1C(=O)OC. The first kappa shape index (κ1) is 21.5. The van der Waals surface area contributed by atoms with Crippen LogP contribution in [-0.2, 0) is 22.5 Å². The number of nitrogens with zero attached hydrogens (tertiary/aromatic N) is 4. The molecular formula is C19H20N6O3S2. The Bertz CT molecular complexity index is 1060. The molecule has 2 heterocycles. The molecule has 0 saturated carbocycles. The lowest BCUT2D eigenvalue weighted by Gasteiger charge is -2.10. The number of rotatable bonds is 9. The second-order valence-electron chi connectivity index (χ2n) is 6.03. The summed E-state index contributed by atoms with van der Waals surface area (Å²) < 4.78 is 6.62. The molecule has 1 aromatic carbocycles. The first-order valence-electron chi connectivity index (χ1n) is 8.84. The molecule has 0 spiro atoms. The molecule has 1 amide bonds. The molecule has 11 heteroatoms. The number of nitrogen functional groups attached to an aromatic ring is 1. The number of thiazole rings is 1. The number of nitrogens with one attached hydrogen (secondary N) is 1. The van der Waals surface area contributed by atoms with Gasteiger partial charge in [0.25, 0.3) is 0 Å². The molecular weight excluding hydrogens is 424 g/mol. The number of methoxy groups -OCH3 is 1. The van der Waals surface area contributed by atoms with E-state index >= 15 is 0 Å². The van der Waals surface area contributed by atoms with Crippen molar-refractivity contribution >= 4 is 45.8 Å². The molecule has 30 heavy (non-hydrogen) atoms. The summed E-state index contributed by atoms with van der Waals surface area (Å²) in [6, 6.07) is 6.67. The van der Waals surface area contributed by atoms with Crippen LogP contribution in [0.3, 0.4) is 0 Å². The van der Waals surface area contributed by atoms with E-state index < -0.39 is 5.97 Å². The maximum absolute atomic E-state index is 12.4. The van der Waals surface area contributed by atoms with Gasteiger partial charge in [0.05, 0.1) is 36.2 Å². The summed E-state index contributed by atoms with van der Waals surface area (Å²) in [4.78, 5) is 28.5. The first-order valence-corrected chi connectivity index (χ1v) is 10.7. The van der Waals surface area contributed by atoms with Crippen LogP contribution in [0.25, 0.3) is 0 Å². The van der Waals surface area contributed by atoms with Gasteiger partial charge in [0.1, 0.15) is 5.82 Å². The monoisotopic (exact) mass is 444 g/mol. The molecule has 0 saturated heterocycles. The van der Waals surface area contributed by atoms with Gasteiger partial charge >= 0.3 is 5.97 Å². The second kappa shape index (κ2) is 10.0. The zero-order chi connectivity index (χ0) is 21.5. The molecule has 3 rings (SSSR count). The van der Waals surface area contributed by atoms with Crippen LogP contribution in [-0.4, -0.2) is 44.5 Å². The third-order valence-electron chi connectivity index (χ3n) is 3.95. The van der Waals surface area contributed by atoms with Crippen molar-refractivity contribution in [2.45, 2.75) is 18.1 Å². The molecule has 156 valence electrons. The van der Waals surface area contributed by atoms with Crippen LogP contribution in [0.15, 0.2) is 47.5 Å². The largest absolute Gasteiger partial charge is 0.465 e. The Morgan fingerprint density at radius 2 is 2.17 bits per heavy atom. The first-order chi connectivity index (χ1) is 14.5. The van der Waals surface area contributed by atoms with Crippen molar-refractivity contribution in [1.82, 2.24) is 19.7 Å². The highest BCUT2D eigenvalue weighted by molar-refractivity contribution is 7.99. The number of thioether (sulfide) groups is 1. The summed E-state index contributed by atoms with van der Waals surface area (Å²) in [6.07, 6.45) is 2.22. The van der Waals surface area contributed by atoms with Gasteiger partial charge in [-0.05, 0) is 12.1 Å². The van der Waals surface area contributed by atoms with E-state index in [4.69, 9.17) is 10.5 Å². The van der Waals surface area contributed by atoms with Gasteiger partial charge in [-0.2, -0.15) is 0 Å². The fourth-order valence-corrected chi connectivity index (χ4v) is 3.96. The standard InChI is InChI=1S/C19H20N6O3S2/c1-3-8-25-15(9-12-10-29-18(20)21-12)23-24-19(25)30-11-16(26)22-14-7-5-4-6-13(14)17(27)28-2/h3-7,10H,1,8-9,11H2,2H3,(H2,20,21)(H,22,26). The molecule has 3 N–H and O–H groups in total. The summed E-state index contributed by atoms with van der Waals surface area (Å²) in [5, 5.41) is 14.1. The normalized spacial score (nSPS) is 10.6. The van der Waals surface area contributed by atoms with Crippen molar-refractivity contribution in [3.63, 3.8) is 0 Å². The van der Waals surface area contributed by atoms with Crippen molar-refractivity contribution in [2.24, 2.45) is 0 Å². The number of nitrogens with two attached hydrogens (primary N) is 1. The molecule has 0 bridgehead atoms. The smallest absolute Gasteiger partial charge is 0.339 e. The molecule has 0 unspecified atom stereocenters. The zero-order valence-corrected chi connectivity index (χ0v) is 17.8. The Labute approximate surface area is 181 Å². The third kappa shape index (κ3) is 5.24. The van der Waals surface area contributed by atoms with Gasteiger partial charge in [0, 0.05) is 11.9 Å². The fraction of sp³-hybridized carbons (Fsp3) is 0.211. The number of amides is 1. The van der Waals surface area contributed by atoms with E-state index in [2.05, 4.69) is 27.1 Å². The average molecular weight is 445 g/mol. The second-order valence-corrected chi connectivity index (χ2v) is 7.86. The number of esters is 1. The van der Waals surface area contributed by atoms with E-state index in [1.807, 2.05) is 9.95 Å². The molecule has 2 aromatic heterocycles. The highest BCUT2D eigenvalue weighted by Gasteiger charge is 2.17. The Kier molecular flexibility index (Phi) is 7.20. The van der Waals surface area contributed by atoms with Crippen LogP contribution in [0.2, 0.25) is 0 Å². The predicted molar refractivity (Wildman–Crippen MR) is 117 cm³/mol. The van der Waals surface area contributed by atoms with Crippen LogP contribution in [0, 0.1) is 0 Å². The molecule has 9 nitrogen and oxygen atoms in total. The molecule has 0 aliphatic carbocycles. The summed E-state index contributed by atoms with van der Waals surface area (Å²) in [5.41, 5.74) is 7.18. The summed E-state index contributed by atoms with van der Waals surface area (Å²) in [7, 11) is 1.29. The van der Waals surface area contributed by atoms with Crippen molar-refractivity contribution in [2.75, 3.05) is 23.9 Å². The number of benzene rings is 1. The number of carbonyl (C=O) groups is 2.